The van der Waals surface area contributed by atoms with Crippen LogP contribution in [0.5, 0.6) is 5.75 Å². The molecule has 0 aromatic heterocycles. The van der Waals surface area contributed by atoms with Gasteiger partial charge in [-0.1, -0.05) is 6.07 Å². The number of ether oxygens (including phenoxy) is 2. The van der Waals surface area contributed by atoms with Crippen molar-refractivity contribution in [3.63, 3.8) is 0 Å². The number of nitrogens with zero attached hydrogens (tertiary/aromatic N) is 1. The molecule has 14 heteroatoms. The van der Waals surface area contributed by atoms with Crippen molar-refractivity contribution < 1.29 is 41.1 Å². The first kappa shape index (κ1) is 31.7. The molecule has 0 bridgehead atoms. The van der Waals surface area contributed by atoms with Crippen molar-refractivity contribution >= 4 is 39.1 Å². The Bertz CT molecular complexity index is 1760. The molecule has 1 heterocycles. The lowest BCUT2D eigenvalue weighted by molar-refractivity contribution is -0.133. The molecule has 238 valence electrons. The van der Waals surface area contributed by atoms with E-state index in [9.17, 15) is 27.2 Å². The third-order valence-corrected chi connectivity index (χ3v) is 10.2. The van der Waals surface area contributed by atoms with Crippen LogP contribution in [0.4, 0.5) is 25.0 Å². The van der Waals surface area contributed by atoms with E-state index < -0.39 is 56.7 Å². The largest absolute Gasteiger partial charge is 0.494 e. The summed E-state index contributed by atoms with van der Waals surface area (Å²) >= 11 is 0. The van der Waals surface area contributed by atoms with E-state index >= 15 is 4.39 Å². The quantitative estimate of drug-likeness (QED) is 0.287. The number of nitrogens with two attached hydrogens (primary N) is 1. The van der Waals surface area contributed by atoms with Gasteiger partial charge in [0.25, 0.3) is 0 Å². The zero-order valence-electron chi connectivity index (χ0n) is 24.5. The molecule has 3 aromatic rings. The van der Waals surface area contributed by atoms with Crippen molar-refractivity contribution in [1.29, 1.82) is 0 Å². The number of amides is 3. The van der Waals surface area contributed by atoms with Crippen LogP contribution in [-0.2, 0) is 19.4 Å². The van der Waals surface area contributed by atoms with E-state index in [0.717, 1.165) is 12.1 Å². The van der Waals surface area contributed by atoms with E-state index in [1.54, 1.807) is 0 Å². The molecule has 2 atom stereocenters. The zero-order valence-corrected chi connectivity index (χ0v) is 25.3. The third kappa shape index (κ3) is 6.55. The van der Waals surface area contributed by atoms with E-state index in [1.807, 2.05) is 0 Å². The van der Waals surface area contributed by atoms with Crippen LogP contribution >= 0.6 is 0 Å². The van der Waals surface area contributed by atoms with Gasteiger partial charge in [0.05, 0.1) is 36.1 Å². The van der Waals surface area contributed by atoms with Gasteiger partial charge in [0, 0.05) is 17.8 Å². The molecule has 4 N–H and O–H groups in total. The third-order valence-electron chi connectivity index (χ3n) is 7.91. The number of carbonyl (C=O) groups is 3. The second-order valence-electron chi connectivity index (χ2n) is 10.8. The van der Waals surface area contributed by atoms with Gasteiger partial charge in [0.1, 0.15) is 11.9 Å². The van der Waals surface area contributed by atoms with Gasteiger partial charge < -0.3 is 25.4 Å². The van der Waals surface area contributed by atoms with Gasteiger partial charge in [-0.15, -0.1) is 0 Å². The highest BCUT2D eigenvalue weighted by molar-refractivity contribution is 7.92. The van der Waals surface area contributed by atoms with Crippen molar-refractivity contribution in [3.8, 4) is 5.75 Å². The molecule has 11 nitrogen and oxygen atoms in total. The lowest BCUT2D eigenvalue weighted by Gasteiger charge is -2.31. The van der Waals surface area contributed by atoms with Crippen LogP contribution in [0.15, 0.2) is 59.5 Å². The van der Waals surface area contributed by atoms with Gasteiger partial charge in [-0.25, -0.2) is 22.0 Å². The number of benzene rings is 3. The second-order valence-corrected chi connectivity index (χ2v) is 13.0. The Morgan fingerprint density at radius 1 is 0.978 bits per heavy atom. The maximum atomic E-state index is 15.0. The van der Waals surface area contributed by atoms with E-state index in [4.69, 9.17) is 10.5 Å². The summed E-state index contributed by atoms with van der Waals surface area (Å²) in [6.45, 7) is 0.224. The van der Waals surface area contributed by atoms with E-state index in [0.29, 0.717) is 31.2 Å². The lowest BCUT2D eigenvalue weighted by Crippen LogP contribution is -2.38. The predicted molar refractivity (Wildman–Crippen MR) is 161 cm³/mol. The molecule has 3 aromatic carbocycles. The van der Waals surface area contributed by atoms with Crippen molar-refractivity contribution in [1.82, 2.24) is 4.90 Å². The van der Waals surface area contributed by atoms with Crippen LogP contribution in [0.3, 0.4) is 0 Å². The number of primary amides is 1. The SMILES string of the molecule is COC(=O)Nc1ccc(S(=O)(=O)C2CC2)c(C2CCCN2C(=O)[C@H](Nc2cc(C(N)=O)ccc2F)c2ccc(F)c(OC)c2)c1. The summed E-state index contributed by atoms with van der Waals surface area (Å²) in [5.41, 5.74) is 5.99. The van der Waals surface area contributed by atoms with Gasteiger partial charge in [0.2, 0.25) is 11.8 Å². The van der Waals surface area contributed by atoms with Crippen molar-refractivity contribution in [2.24, 2.45) is 5.73 Å². The van der Waals surface area contributed by atoms with Crippen molar-refractivity contribution in [2.45, 2.75) is 47.9 Å². The number of anilines is 2. The minimum absolute atomic E-state index is 0.00863. The van der Waals surface area contributed by atoms with Crippen molar-refractivity contribution in [3.05, 3.63) is 82.9 Å². The minimum atomic E-state index is -3.74. The maximum Gasteiger partial charge on any atom is 0.411 e. The van der Waals surface area contributed by atoms with Gasteiger partial charge in [-0.2, -0.15) is 0 Å². The van der Waals surface area contributed by atoms with Crippen LogP contribution in [0.1, 0.15) is 59.3 Å². The highest BCUT2D eigenvalue weighted by Gasteiger charge is 2.42. The Kier molecular flexibility index (Phi) is 8.96. The number of methoxy groups -OCH3 is 2. The summed E-state index contributed by atoms with van der Waals surface area (Å²) in [4.78, 5) is 39.7. The number of halogens is 2. The molecule has 45 heavy (non-hydrogen) atoms. The summed E-state index contributed by atoms with van der Waals surface area (Å²) < 4.78 is 66.2. The predicted octanol–water partition coefficient (Wildman–Crippen LogP) is 4.70. The molecule has 2 fully saturated rings. The molecule has 1 saturated carbocycles. The van der Waals surface area contributed by atoms with Crippen molar-refractivity contribution in [2.75, 3.05) is 31.4 Å². The Hall–Kier alpha value is -4.72. The number of sulfone groups is 1. The van der Waals surface area contributed by atoms with E-state index in [-0.39, 0.29) is 39.7 Å². The van der Waals surface area contributed by atoms with Gasteiger partial charge >= 0.3 is 6.09 Å². The molecular weight excluding hydrogens is 610 g/mol. The number of rotatable bonds is 10. The smallest absolute Gasteiger partial charge is 0.411 e. The summed E-state index contributed by atoms with van der Waals surface area (Å²) in [5.74, 6) is -3.00. The fourth-order valence-corrected chi connectivity index (χ4v) is 7.38. The highest BCUT2D eigenvalue weighted by atomic mass is 32.2. The zero-order chi connectivity index (χ0) is 32.5. The Labute approximate surface area is 258 Å². The summed E-state index contributed by atoms with van der Waals surface area (Å²) in [6.07, 6.45) is 1.19. The fraction of sp³-hybridized carbons (Fsp3) is 0.323. The Morgan fingerprint density at radius 3 is 2.38 bits per heavy atom. The van der Waals surface area contributed by atoms with Crippen LogP contribution < -0.4 is 21.1 Å². The number of hydrogen-bond donors (Lipinski definition) is 3. The highest BCUT2D eigenvalue weighted by Crippen LogP contribution is 2.43. The van der Waals surface area contributed by atoms with Crippen LogP contribution in [0.2, 0.25) is 0 Å². The number of carbonyl (C=O) groups excluding carboxylic acids is 3. The molecule has 5 rings (SSSR count). The molecule has 2 aliphatic rings. The summed E-state index contributed by atoms with van der Waals surface area (Å²) in [7, 11) is -1.28. The van der Waals surface area contributed by atoms with E-state index in [1.165, 1.54) is 61.6 Å². The monoisotopic (exact) mass is 642 g/mol. The molecule has 1 unspecified atom stereocenters. The average molecular weight is 643 g/mol. The molecule has 0 radical (unpaired) electrons. The Morgan fingerprint density at radius 2 is 1.71 bits per heavy atom. The molecule has 1 saturated heterocycles. The van der Waals surface area contributed by atoms with Gasteiger partial charge in [0.15, 0.2) is 21.4 Å². The topological polar surface area (TPSA) is 157 Å². The van der Waals surface area contributed by atoms with Gasteiger partial charge in [-0.05, 0) is 85.3 Å². The molecule has 0 spiro atoms. The molecule has 1 aliphatic carbocycles. The van der Waals surface area contributed by atoms with Crippen LogP contribution in [-0.4, -0.2) is 57.2 Å². The molecular formula is C31H32F2N4O7S. The molecule has 3 amide bonds. The summed E-state index contributed by atoms with van der Waals surface area (Å²) in [6, 6.07) is 9.48. The first-order chi connectivity index (χ1) is 21.4. The second kappa shape index (κ2) is 12.7. The lowest BCUT2D eigenvalue weighted by atomic mass is 10.0. The standard InChI is InChI=1S/C31H32F2N4O7S/c1-43-26-15-17(5-11-23(26)33)28(36-24-14-18(29(34)38)6-10-22(24)32)30(39)37-13-3-4-25(37)21-16-19(35-31(40)44-2)7-12-27(21)45(41,42)20-8-9-20/h5-7,10-12,14-16,20,25,28,36H,3-4,8-9,13H2,1-2H3,(H2,34,38)(H,35,40)/t25?,28-/m1/s1. The minimum Gasteiger partial charge on any atom is -0.494 e. The maximum absolute atomic E-state index is 15.0. The van der Waals surface area contributed by atoms with Crippen LogP contribution in [0, 0.1) is 11.6 Å². The van der Waals surface area contributed by atoms with E-state index in [2.05, 4.69) is 15.4 Å². The number of hydrogen-bond acceptors (Lipinski definition) is 8. The fourth-order valence-electron chi connectivity index (χ4n) is 5.48. The Balaban J connectivity index is 1.59. The number of nitrogens with one attached hydrogen (secondary N) is 2. The summed E-state index contributed by atoms with van der Waals surface area (Å²) in [5, 5.41) is 4.86. The first-order valence-electron chi connectivity index (χ1n) is 14.2. The first-order valence-corrected chi connectivity index (χ1v) is 15.7. The average Bonchev–Trinajstić information content (AvgIpc) is 3.78. The molecule has 1 aliphatic heterocycles. The number of likely N-dealkylation sites (tertiary alicyclic amines) is 1. The van der Waals surface area contributed by atoms with Gasteiger partial charge in [-0.3, -0.25) is 14.9 Å². The normalized spacial score (nSPS) is 17.0. The van der Waals surface area contributed by atoms with Crippen LogP contribution in [0.25, 0.3) is 0 Å².